The van der Waals surface area contributed by atoms with E-state index in [1.165, 1.54) is 16.6 Å². The number of imidazole rings is 1. The Morgan fingerprint density at radius 3 is 2.50 bits per heavy atom. The van der Waals surface area contributed by atoms with Crippen LogP contribution in [0.1, 0.15) is 5.69 Å². The second-order valence-corrected chi connectivity index (χ2v) is 5.85. The molecule has 5 nitrogen and oxygen atoms in total. The number of nitrogens with zero attached hydrogens (tertiary/aromatic N) is 2. The van der Waals surface area contributed by atoms with Crippen LogP contribution in [0, 0.1) is 6.92 Å². The molecule has 0 fully saturated rings. The van der Waals surface area contributed by atoms with Crippen molar-refractivity contribution in [2.45, 2.75) is 6.92 Å². The third kappa shape index (κ3) is 1.98. The van der Waals surface area contributed by atoms with E-state index in [0.29, 0.717) is 11.5 Å². The van der Waals surface area contributed by atoms with Gasteiger partial charge in [0.05, 0.1) is 25.3 Å². The number of rotatable bonds is 3. The largest absolute Gasteiger partial charge is 0.493 e. The number of ether oxygens (including phenoxy) is 2. The van der Waals surface area contributed by atoms with E-state index in [1.54, 1.807) is 14.2 Å². The zero-order chi connectivity index (χ0) is 16.8. The van der Waals surface area contributed by atoms with Gasteiger partial charge in [0.1, 0.15) is 5.82 Å². The summed E-state index contributed by atoms with van der Waals surface area (Å²) in [4.78, 5) is 8.21. The Kier molecular flexibility index (Phi) is 3.23. The van der Waals surface area contributed by atoms with Crippen LogP contribution in [0.2, 0.25) is 0 Å². The molecular formula is C19H19N3O2. The van der Waals surface area contributed by atoms with Crippen LogP contribution in [0.5, 0.6) is 11.5 Å². The Morgan fingerprint density at radius 1 is 1.04 bits per heavy atom. The standard InChI is InChI=1S/C19H19N3O2/c1-11-18(12-7-5-6-8-15(12)22(11)2)19-20-13-9-16(23-3)17(24-4)10-14(13)21-19/h5-10H,1-4H3,(H,20,21). The van der Waals surface area contributed by atoms with Gasteiger partial charge in [-0.05, 0) is 13.0 Å². The second-order valence-electron chi connectivity index (χ2n) is 5.85. The summed E-state index contributed by atoms with van der Waals surface area (Å²) in [6.07, 6.45) is 0. The van der Waals surface area contributed by atoms with Gasteiger partial charge < -0.3 is 19.0 Å². The molecule has 4 rings (SSSR count). The van der Waals surface area contributed by atoms with Crippen LogP contribution in [-0.2, 0) is 7.05 Å². The zero-order valence-electron chi connectivity index (χ0n) is 14.2. The Hall–Kier alpha value is -2.95. The lowest BCUT2D eigenvalue weighted by Crippen LogP contribution is -1.90. The van der Waals surface area contributed by atoms with E-state index in [4.69, 9.17) is 14.5 Å². The maximum Gasteiger partial charge on any atom is 0.163 e. The number of nitrogens with one attached hydrogen (secondary N) is 1. The number of methoxy groups -OCH3 is 2. The lowest BCUT2D eigenvalue weighted by Gasteiger charge is -2.06. The highest BCUT2D eigenvalue weighted by Gasteiger charge is 2.17. The Bertz CT molecular complexity index is 1020. The number of para-hydroxylation sites is 1. The molecule has 122 valence electrons. The summed E-state index contributed by atoms with van der Waals surface area (Å²) in [5.74, 6) is 2.22. The average molecular weight is 321 g/mol. The SMILES string of the molecule is COc1cc2nc(-c3c(C)n(C)c4ccccc34)[nH]c2cc1OC. The molecule has 0 saturated carbocycles. The summed E-state index contributed by atoms with van der Waals surface area (Å²) >= 11 is 0. The number of benzene rings is 2. The molecule has 0 atom stereocenters. The number of fused-ring (bicyclic) bond motifs is 2. The highest BCUT2D eigenvalue weighted by molar-refractivity contribution is 5.98. The normalized spacial score (nSPS) is 11.3. The summed E-state index contributed by atoms with van der Waals surface area (Å²) in [6.45, 7) is 2.11. The topological polar surface area (TPSA) is 52.1 Å². The van der Waals surface area contributed by atoms with E-state index in [0.717, 1.165) is 22.4 Å². The van der Waals surface area contributed by atoms with Gasteiger partial charge in [-0.1, -0.05) is 18.2 Å². The first-order chi connectivity index (χ1) is 11.6. The van der Waals surface area contributed by atoms with Gasteiger partial charge in [0.15, 0.2) is 11.5 Å². The summed E-state index contributed by atoms with van der Waals surface area (Å²) in [5, 5.41) is 1.19. The summed E-state index contributed by atoms with van der Waals surface area (Å²) < 4.78 is 12.9. The molecule has 0 spiro atoms. The molecule has 1 N–H and O–H groups in total. The minimum Gasteiger partial charge on any atom is -0.493 e. The van der Waals surface area contributed by atoms with Crippen molar-refractivity contribution in [2.75, 3.05) is 14.2 Å². The van der Waals surface area contributed by atoms with Crippen molar-refractivity contribution in [3.63, 3.8) is 0 Å². The lowest BCUT2D eigenvalue weighted by molar-refractivity contribution is 0.356. The molecule has 0 bridgehead atoms. The van der Waals surface area contributed by atoms with Crippen molar-refractivity contribution in [1.82, 2.24) is 14.5 Å². The molecule has 4 aromatic rings. The van der Waals surface area contributed by atoms with Crippen molar-refractivity contribution in [3.8, 4) is 22.9 Å². The molecule has 0 aliphatic carbocycles. The number of hydrogen-bond acceptors (Lipinski definition) is 3. The highest BCUT2D eigenvalue weighted by atomic mass is 16.5. The van der Waals surface area contributed by atoms with E-state index < -0.39 is 0 Å². The van der Waals surface area contributed by atoms with Crippen molar-refractivity contribution in [2.24, 2.45) is 7.05 Å². The smallest absolute Gasteiger partial charge is 0.163 e. The van der Waals surface area contributed by atoms with Crippen LogP contribution >= 0.6 is 0 Å². The van der Waals surface area contributed by atoms with E-state index in [2.05, 4.69) is 47.8 Å². The molecule has 0 unspecified atom stereocenters. The van der Waals surface area contributed by atoms with Gasteiger partial charge in [0.25, 0.3) is 0 Å². The van der Waals surface area contributed by atoms with Crippen molar-refractivity contribution >= 4 is 21.9 Å². The molecule has 2 aromatic heterocycles. The van der Waals surface area contributed by atoms with E-state index in [1.807, 2.05) is 12.1 Å². The van der Waals surface area contributed by atoms with Gasteiger partial charge in [-0.2, -0.15) is 0 Å². The fraction of sp³-hybridized carbons (Fsp3) is 0.211. The lowest BCUT2D eigenvalue weighted by atomic mass is 10.1. The second kappa shape index (κ2) is 5.30. The number of hydrogen-bond donors (Lipinski definition) is 1. The van der Waals surface area contributed by atoms with Crippen LogP contribution in [-0.4, -0.2) is 28.8 Å². The van der Waals surface area contributed by atoms with Gasteiger partial charge in [0, 0.05) is 41.3 Å². The van der Waals surface area contributed by atoms with Crippen LogP contribution in [0.15, 0.2) is 36.4 Å². The maximum absolute atomic E-state index is 5.38. The molecule has 0 radical (unpaired) electrons. The highest BCUT2D eigenvalue weighted by Crippen LogP contribution is 2.36. The van der Waals surface area contributed by atoms with Gasteiger partial charge in [-0.3, -0.25) is 0 Å². The molecule has 0 saturated heterocycles. The number of aryl methyl sites for hydroxylation is 1. The molecule has 0 aliphatic heterocycles. The Labute approximate surface area is 139 Å². The summed E-state index contributed by atoms with van der Waals surface area (Å²) in [7, 11) is 5.35. The third-order valence-corrected chi connectivity index (χ3v) is 4.62. The number of aromatic nitrogens is 3. The van der Waals surface area contributed by atoms with Crippen molar-refractivity contribution in [1.29, 1.82) is 0 Å². The van der Waals surface area contributed by atoms with Gasteiger partial charge >= 0.3 is 0 Å². The number of H-pyrrole nitrogens is 1. The first-order valence-electron chi connectivity index (χ1n) is 7.80. The fourth-order valence-corrected chi connectivity index (χ4v) is 3.27. The van der Waals surface area contributed by atoms with Gasteiger partial charge in [0.2, 0.25) is 0 Å². The van der Waals surface area contributed by atoms with Crippen molar-refractivity contribution in [3.05, 3.63) is 42.1 Å². The molecular weight excluding hydrogens is 302 g/mol. The minimum atomic E-state index is 0.678. The van der Waals surface area contributed by atoms with Gasteiger partial charge in [-0.25, -0.2) is 4.98 Å². The molecule has 2 aromatic carbocycles. The zero-order valence-corrected chi connectivity index (χ0v) is 14.2. The van der Waals surface area contributed by atoms with Gasteiger partial charge in [-0.15, -0.1) is 0 Å². The molecule has 0 amide bonds. The molecule has 24 heavy (non-hydrogen) atoms. The van der Waals surface area contributed by atoms with E-state index >= 15 is 0 Å². The fourth-order valence-electron chi connectivity index (χ4n) is 3.27. The van der Waals surface area contributed by atoms with E-state index in [-0.39, 0.29) is 0 Å². The Morgan fingerprint density at radius 2 is 1.75 bits per heavy atom. The average Bonchev–Trinajstić information content (AvgIpc) is 3.12. The predicted molar refractivity (Wildman–Crippen MR) is 95.8 cm³/mol. The molecule has 2 heterocycles. The maximum atomic E-state index is 5.38. The van der Waals surface area contributed by atoms with Crippen LogP contribution in [0.4, 0.5) is 0 Å². The predicted octanol–water partition coefficient (Wildman–Crippen LogP) is 4.05. The Balaban J connectivity index is 1.99. The third-order valence-electron chi connectivity index (χ3n) is 4.62. The minimum absolute atomic E-state index is 0.678. The van der Waals surface area contributed by atoms with Crippen molar-refractivity contribution < 1.29 is 9.47 Å². The number of aromatic amines is 1. The summed E-state index contributed by atoms with van der Waals surface area (Å²) in [5.41, 5.74) is 5.28. The van der Waals surface area contributed by atoms with Crippen LogP contribution < -0.4 is 9.47 Å². The van der Waals surface area contributed by atoms with E-state index in [9.17, 15) is 0 Å². The quantitative estimate of drug-likeness (QED) is 0.619. The molecule has 5 heteroatoms. The van der Waals surface area contributed by atoms with Crippen LogP contribution in [0.25, 0.3) is 33.3 Å². The monoisotopic (exact) mass is 321 g/mol. The first-order valence-corrected chi connectivity index (χ1v) is 7.80. The van der Waals surface area contributed by atoms with Crippen LogP contribution in [0.3, 0.4) is 0 Å². The molecule has 0 aliphatic rings. The first kappa shape index (κ1) is 14.6. The summed E-state index contributed by atoms with van der Waals surface area (Å²) in [6, 6.07) is 12.2.